The van der Waals surface area contributed by atoms with Crippen LogP contribution in [0.1, 0.15) is 41.4 Å². The van der Waals surface area contributed by atoms with Crippen LogP contribution < -0.4 is 10.0 Å². The number of carbonyl (C=O) groups is 1. The van der Waals surface area contributed by atoms with Gasteiger partial charge < -0.3 is 5.32 Å². The number of carbonyl (C=O) groups excluding carboxylic acids is 1. The van der Waals surface area contributed by atoms with Crippen molar-refractivity contribution < 1.29 is 13.2 Å². The highest BCUT2D eigenvalue weighted by molar-refractivity contribution is 7.92. The fourth-order valence-electron chi connectivity index (χ4n) is 3.68. The fourth-order valence-corrected chi connectivity index (χ4v) is 4.80. The first-order valence-electron chi connectivity index (χ1n) is 10.0. The van der Waals surface area contributed by atoms with Gasteiger partial charge in [-0.2, -0.15) is 5.10 Å². The predicted octanol–water partition coefficient (Wildman–Crippen LogP) is 3.77. The largest absolute Gasteiger partial charge is 0.306 e. The van der Waals surface area contributed by atoms with Crippen LogP contribution >= 0.6 is 0 Å². The number of nitrogens with zero attached hydrogens (tertiary/aromatic N) is 2. The van der Waals surface area contributed by atoms with Crippen LogP contribution in [0.3, 0.4) is 0 Å². The van der Waals surface area contributed by atoms with Gasteiger partial charge in [-0.3, -0.25) is 9.52 Å². The molecule has 1 aliphatic carbocycles. The molecule has 2 N–H and O–H groups in total. The summed E-state index contributed by atoms with van der Waals surface area (Å²) >= 11 is 0. The van der Waals surface area contributed by atoms with Crippen LogP contribution in [-0.2, 0) is 22.9 Å². The Morgan fingerprint density at radius 3 is 2.67 bits per heavy atom. The second kappa shape index (κ2) is 8.31. The van der Waals surface area contributed by atoms with Crippen LogP contribution in [0.4, 0.5) is 11.5 Å². The number of aromatic nitrogens is 2. The number of hydrogen-bond donors (Lipinski definition) is 2. The maximum atomic E-state index is 13.0. The number of anilines is 2. The van der Waals surface area contributed by atoms with E-state index in [9.17, 15) is 13.2 Å². The number of rotatable bonds is 7. The third-order valence-electron chi connectivity index (χ3n) is 5.01. The summed E-state index contributed by atoms with van der Waals surface area (Å²) in [5.74, 6) is 0.403. The second-order valence-corrected chi connectivity index (χ2v) is 9.17. The minimum atomic E-state index is -3.42. The fraction of sp³-hybridized carbons (Fsp3) is 0.273. The zero-order valence-corrected chi connectivity index (χ0v) is 17.6. The molecule has 0 aliphatic heterocycles. The minimum absolute atomic E-state index is 0.0336. The minimum Gasteiger partial charge on any atom is -0.306 e. The number of hydrogen-bond acceptors (Lipinski definition) is 4. The van der Waals surface area contributed by atoms with Gasteiger partial charge in [0, 0.05) is 16.8 Å². The summed E-state index contributed by atoms with van der Waals surface area (Å²) in [7, 11) is -3.42. The summed E-state index contributed by atoms with van der Waals surface area (Å²) in [6.07, 6.45) is 3.30. The summed E-state index contributed by atoms with van der Waals surface area (Å²) < 4.78 is 28.4. The number of aryl methyl sites for hydroxylation is 1. The highest BCUT2D eigenvalue weighted by Gasteiger charge is 2.24. The Labute approximate surface area is 176 Å². The van der Waals surface area contributed by atoms with Crippen molar-refractivity contribution in [3.8, 4) is 5.69 Å². The maximum absolute atomic E-state index is 13.0. The van der Waals surface area contributed by atoms with Gasteiger partial charge in [0.1, 0.15) is 5.82 Å². The molecular weight excluding hydrogens is 400 g/mol. The molecule has 0 saturated heterocycles. The predicted molar refractivity (Wildman–Crippen MR) is 118 cm³/mol. The molecule has 0 fully saturated rings. The Kier molecular flexibility index (Phi) is 5.59. The molecule has 7 nitrogen and oxygen atoms in total. The van der Waals surface area contributed by atoms with E-state index in [1.165, 1.54) is 0 Å². The van der Waals surface area contributed by atoms with Gasteiger partial charge in [0.05, 0.1) is 17.1 Å². The second-order valence-electron chi connectivity index (χ2n) is 7.33. The van der Waals surface area contributed by atoms with Crippen LogP contribution in [0.2, 0.25) is 0 Å². The van der Waals surface area contributed by atoms with Gasteiger partial charge in [0.15, 0.2) is 0 Å². The molecule has 3 aromatic rings. The topological polar surface area (TPSA) is 93.1 Å². The third kappa shape index (κ3) is 4.23. The number of fused-ring (bicyclic) bond motifs is 1. The SMILES string of the molecule is CCCS(=O)(=O)Nc1cccc(C(=O)Nc2c3c(nn2-c2ccccc2)CCC3)c1. The normalized spacial score (nSPS) is 13.1. The van der Waals surface area contributed by atoms with Crippen molar-refractivity contribution in [1.29, 1.82) is 0 Å². The highest BCUT2D eigenvalue weighted by Crippen LogP contribution is 2.31. The van der Waals surface area contributed by atoms with E-state index in [4.69, 9.17) is 5.10 Å². The Bertz CT molecular complexity index is 1170. The lowest BCUT2D eigenvalue weighted by Crippen LogP contribution is -2.18. The van der Waals surface area contributed by atoms with Crippen molar-refractivity contribution in [3.63, 3.8) is 0 Å². The molecule has 0 radical (unpaired) electrons. The van der Waals surface area contributed by atoms with Crippen LogP contribution in [-0.4, -0.2) is 29.9 Å². The lowest BCUT2D eigenvalue weighted by atomic mass is 10.2. The number of para-hydroxylation sites is 1. The molecular formula is C22H24N4O3S. The number of benzene rings is 2. The summed E-state index contributed by atoms with van der Waals surface area (Å²) in [5, 5.41) is 7.71. The van der Waals surface area contributed by atoms with E-state index in [0.29, 0.717) is 23.5 Å². The molecule has 0 spiro atoms. The average Bonchev–Trinajstić information content (AvgIpc) is 3.31. The van der Waals surface area contributed by atoms with Crippen molar-refractivity contribution >= 4 is 27.4 Å². The zero-order valence-electron chi connectivity index (χ0n) is 16.8. The molecule has 8 heteroatoms. The van der Waals surface area contributed by atoms with E-state index in [1.54, 1.807) is 35.9 Å². The quantitative estimate of drug-likeness (QED) is 0.604. The lowest BCUT2D eigenvalue weighted by molar-refractivity contribution is 0.102. The van der Waals surface area contributed by atoms with Gasteiger partial charge in [-0.15, -0.1) is 0 Å². The Morgan fingerprint density at radius 2 is 1.90 bits per heavy atom. The highest BCUT2D eigenvalue weighted by atomic mass is 32.2. The molecule has 30 heavy (non-hydrogen) atoms. The van der Waals surface area contributed by atoms with E-state index in [0.717, 1.165) is 36.2 Å². The Hall–Kier alpha value is -3.13. The first-order valence-corrected chi connectivity index (χ1v) is 11.7. The van der Waals surface area contributed by atoms with Crippen LogP contribution in [0.25, 0.3) is 5.69 Å². The van der Waals surface area contributed by atoms with Crippen molar-refractivity contribution in [2.24, 2.45) is 0 Å². The lowest BCUT2D eigenvalue weighted by Gasteiger charge is -2.12. The first-order chi connectivity index (χ1) is 14.5. The molecule has 4 rings (SSSR count). The van der Waals surface area contributed by atoms with E-state index in [2.05, 4.69) is 10.0 Å². The van der Waals surface area contributed by atoms with Crippen molar-refractivity contribution in [3.05, 3.63) is 71.4 Å². The van der Waals surface area contributed by atoms with Crippen LogP contribution in [0, 0.1) is 0 Å². The van der Waals surface area contributed by atoms with Gasteiger partial charge in [0.25, 0.3) is 5.91 Å². The molecule has 0 unspecified atom stereocenters. The zero-order chi connectivity index (χ0) is 21.1. The van der Waals surface area contributed by atoms with Crippen molar-refractivity contribution in [2.45, 2.75) is 32.6 Å². The summed E-state index contributed by atoms with van der Waals surface area (Å²) in [4.78, 5) is 13.0. The molecule has 1 aromatic heterocycles. The van der Waals surface area contributed by atoms with Crippen molar-refractivity contribution in [1.82, 2.24) is 9.78 Å². The molecule has 1 aliphatic rings. The van der Waals surface area contributed by atoms with Crippen molar-refractivity contribution in [2.75, 3.05) is 15.8 Å². The van der Waals surface area contributed by atoms with E-state index in [-0.39, 0.29) is 11.7 Å². The Balaban J connectivity index is 1.62. The first kappa shape index (κ1) is 20.2. The number of amides is 1. The summed E-state index contributed by atoms with van der Waals surface area (Å²) in [5.41, 5.74) is 3.70. The van der Waals surface area contributed by atoms with Gasteiger partial charge in [-0.25, -0.2) is 13.1 Å². The molecule has 156 valence electrons. The molecule has 0 saturated carbocycles. The number of nitrogens with one attached hydrogen (secondary N) is 2. The molecule has 0 atom stereocenters. The molecule has 2 aromatic carbocycles. The molecule has 0 bridgehead atoms. The smallest absolute Gasteiger partial charge is 0.256 e. The van der Waals surface area contributed by atoms with E-state index < -0.39 is 10.0 Å². The average molecular weight is 425 g/mol. The molecule has 1 amide bonds. The maximum Gasteiger partial charge on any atom is 0.256 e. The van der Waals surface area contributed by atoms with E-state index in [1.807, 2.05) is 30.3 Å². The van der Waals surface area contributed by atoms with E-state index >= 15 is 0 Å². The van der Waals surface area contributed by atoms with Crippen LogP contribution in [0.15, 0.2) is 54.6 Å². The number of sulfonamides is 1. The summed E-state index contributed by atoms with van der Waals surface area (Å²) in [6, 6.07) is 16.2. The van der Waals surface area contributed by atoms with Gasteiger partial charge in [-0.1, -0.05) is 31.2 Å². The Morgan fingerprint density at radius 1 is 1.10 bits per heavy atom. The van der Waals surface area contributed by atoms with Gasteiger partial charge >= 0.3 is 0 Å². The third-order valence-corrected chi connectivity index (χ3v) is 6.50. The monoisotopic (exact) mass is 424 g/mol. The standard InChI is InChI=1S/C22H24N4O3S/c1-2-14-30(28,29)25-17-9-6-8-16(15-17)22(27)23-21-19-12-7-13-20(19)24-26(21)18-10-4-3-5-11-18/h3-6,8-11,15,25H,2,7,12-14H2,1H3,(H,23,27). The van der Waals surface area contributed by atoms with Gasteiger partial charge in [0.2, 0.25) is 10.0 Å². The molecule has 1 heterocycles. The summed E-state index contributed by atoms with van der Waals surface area (Å²) in [6.45, 7) is 1.80. The van der Waals surface area contributed by atoms with Crippen LogP contribution in [0.5, 0.6) is 0 Å². The van der Waals surface area contributed by atoms with Gasteiger partial charge in [-0.05, 0) is 56.0 Å².